The highest BCUT2D eigenvalue weighted by molar-refractivity contribution is 5.38. The minimum absolute atomic E-state index is 0.0110. The molecular weight excluding hydrogens is 233 g/mol. The van der Waals surface area contributed by atoms with Crippen LogP contribution in [0.15, 0.2) is 24.3 Å². The van der Waals surface area contributed by atoms with Crippen LogP contribution in [0, 0.1) is 0 Å². The van der Waals surface area contributed by atoms with E-state index in [4.69, 9.17) is 15.2 Å². The van der Waals surface area contributed by atoms with Gasteiger partial charge in [0.2, 0.25) is 0 Å². The van der Waals surface area contributed by atoms with Crippen LogP contribution >= 0.6 is 0 Å². The van der Waals surface area contributed by atoms with E-state index in [1.54, 1.807) is 12.1 Å². The molecule has 4 heteroatoms. The molecule has 0 saturated carbocycles. The van der Waals surface area contributed by atoms with Crippen LogP contribution in [0.1, 0.15) is 25.3 Å². The lowest BCUT2D eigenvalue weighted by atomic mass is 9.91. The van der Waals surface area contributed by atoms with Crippen LogP contribution in [0.3, 0.4) is 0 Å². The summed E-state index contributed by atoms with van der Waals surface area (Å²) < 4.78 is 25.5. The molecule has 0 radical (unpaired) electrons. The van der Waals surface area contributed by atoms with Gasteiger partial charge in [-0.05, 0) is 32.4 Å². The smallest absolute Gasteiger partial charge is 0.162 e. The topological polar surface area (TPSA) is 44.5 Å². The van der Waals surface area contributed by atoms with Crippen LogP contribution < -0.4 is 10.5 Å². The number of hydrogen-bond acceptors (Lipinski definition) is 3. The summed E-state index contributed by atoms with van der Waals surface area (Å²) in [7, 11) is 1.50. The first-order valence-electron chi connectivity index (χ1n) is 6.28. The van der Waals surface area contributed by atoms with Gasteiger partial charge < -0.3 is 15.2 Å². The number of hydrogen-bond donors (Lipinski definition) is 1. The molecule has 0 aromatic heterocycles. The molecule has 18 heavy (non-hydrogen) atoms. The third-order valence-corrected chi connectivity index (χ3v) is 2.82. The van der Waals surface area contributed by atoms with Crippen molar-refractivity contribution in [3.63, 3.8) is 0 Å². The summed E-state index contributed by atoms with van der Waals surface area (Å²) in [4.78, 5) is 0. The molecular formula is C14H22FNO2. The normalized spacial score (nSPS) is 14.2. The van der Waals surface area contributed by atoms with E-state index in [0.717, 1.165) is 0 Å². The zero-order chi connectivity index (χ0) is 13.4. The Balaban J connectivity index is 3.03. The maximum Gasteiger partial charge on any atom is 0.162 e. The minimum Gasteiger partial charge on any atom is -0.493 e. The fraction of sp³-hybridized carbons (Fsp3) is 0.571. The van der Waals surface area contributed by atoms with Crippen molar-refractivity contribution in [2.45, 2.75) is 25.4 Å². The van der Waals surface area contributed by atoms with Crippen molar-refractivity contribution >= 4 is 0 Å². The van der Waals surface area contributed by atoms with Crippen molar-refractivity contribution in [2.75, 3.05) is 26.9 Å². The summed E-state index contributed by atoms with van der Waals surface area (Å²) in [6.07, 6.45) is 0.946. The fourth-order valence-corrected chi connectivity index (χ4v) is 2.01. The van der Waals surface area contributed by atoms with Crippen LogP contribution in [-0.2, 0) is 10.4 Å². The van der Waals surface area contributed by atoms with E-state index >= 15 is 4.39 Å². The van der Waals surface area contributed by atoms with Gasteiger partial charge in [0, 0.05) is 12.7 Å². The lowest BCUT2D eigenvalue weighted by Crippen LogP contribution is -2.28. The molecule has 1 atom stereocenters. The van der Waals surface area contributed by atoms with Crippen molar-refractivity contribution in [2.24, 2.45) is 5.73 Å². The summed E-state index contributed by atoms with van der Waals surface area (Å²) in [5, 5.41) is 0. The Hall–Kier alpha value is -1.13. The van der Waals surface area contributed by atoms with Gasteiger partial charge in [-0.25, -0.2) is 4.39 Å². The highest BCUT2D eigenvalue weighted by Crippen LogP contribution is 2.37. The van der Waals surface area contributed by atoms with Crippen molar-refractivity contribution in [3.8, 4) is 5.75 Å². The number of benzene rings is 1. The van der Waals surface area contributed by atoms with Crippen LogP contribution in [0.25, 0.3) is 0 Å². The number of rotatable bonds is 8. The lowest BCUT2D eigenvalue weighted by Gasteiger charge is -2.27. The predicted octanol–water partition coefficient (Wildman–Crippen LogP) is 2.64. The molecule has 0 aliphatic rings. The first kappa shape index (κ1) is 14.9. The number of methoxy groups -OCH3 is 1. The van der Waals surface area contributed by atoms with Crippen molar-refractivity contribution in [1.82, 2.24) is 0 Å². The highest BCUT2D eigenvalue weighted by Gasteiger charge is 2.34. The number of para-hydroxylation sites is 1. The zero-order valence-corrected chi connectivity index (χ0v) is 11.1. The summed E-state index contributed by atoms with van der Waals surface area (Å²) in [5.41, 5.74) is 4.47. The Bertz CT molecular complexity index is 359. The molecule has 0 amide bonds. The Kier molecular flexibility index (Phi) is 6.09. The molecule has 1 rings (SSSR count). The second kappa shape index (κ2) is 7.34. The standard InChI is InChI=1S/C14H22FNO2/c1-3-18-13-8-5-4-7-12(13)14(15,11-17-2)9-6-10-16/h4-5,7-8H,3,6,9-11,16H2,1-2H3. The van der Waals surface area contributed by atoms with E-state index in [9.17, 15) is 0 Å². The molecule has 1 aromatic rings. The minimum atomic E-state index is -1.54. The molecule has 0 heterocycles. The number of ether oxygens (including phenoxy) is 2. The van der Waals surface area contributed by atoms with Gasteiger partial charge in [0.15, 0.2) is 5.67 Å². The quantitative estimate of drug-likeness (QED) is 0.776. The molecule has 2 N–H and O–H groups in total. The molecule has 0 fully saturated rings. The Morgan fingerprint density at radius 3 is 2.67 bits per heavy atom. The van der Waals surface area contributed by atoms with Crippen LogP contribution in [0.5, 0.6) is 5.75 Å². The molecule has 0 saturated heterocycles. The predicted molar refractivity (Wildman–Crippen MR) is 70.6 cm³/mol. The summed E-state index contributed by atoms with van der Waals surface area (Å²) in [6, 6.07) is 7.18. The maximum absolute atomic E-state index is 15.0. The fourth-order valence-electron chi connectivity index (χ4n) is 2.01. The van der Waals surface area contributed by atoms with E-state index in [1.165, 1.54) is 7.11 Å². The second-order valence-corrected chi connectivity index (χ2v) is 4.22. The monoisotopic (exact) mass is 255 g/mol. The number of nitrogens with two attached hydrogens (primary N) is 1. The van der Waals surface area contributed by atoms with Gasteiger partial charge in [-0.2, -0.15) is 0 Å². The first-order valence-corrected chi connectivity index (χ1v) is 6.28. The molecule has 0 aliphatic heterocycles. The van der Waals surface area contributed by atoms with Gasteiger partial charge in [-0.15, -0.1) is 0 Å². The van der Waals surface area contributed by atoms with Crippen LogP contribution in [0.2, 0.25) is 0 Å². The van der Waals surface area contributed by atoms with E-state index < -0.39 is 5.67 Å². The molecule has 102 valence electrons. The average Bonchev–Trinajstić information content (AvgIpc) is 2.38. The molecule has 0 bridgehead atoms. The van der Waals surface area contributed by atoms with Crippen LogP contribution in [0.4, 0.5) is 4.39 Å². The first-order chi connectivity index (χ1) is 8.68. The summed E-state index contributed by atoms with van der Waals surface area (Å²) >= 11 is 0. The van der Waals surface area contributed by atoms with Gasteiger partial charge in [-0.3, -0.25) is 0 Å². The highest BCUT2D eigenvalue weighted by atomic mass is 19.1. The van der Waals surface area contributed by atoms with E-state index in [1.807, 2.05) is 19.1 Å². The van der Waals surface area contributed by atoms with Crippen molar-refractivity contribution in [3.05, 3.63) is 29.8 Å². The van der Waals surface area contributed by atoms with Gasteiger partial charge in [0.1, 0.15) is 5.75 Å². The van der Waals surface area contributed by atoms with Crippen molar-refractivity contribution < 1.29 is 13.9 Å². The van der Waals surface area contributed by atoms with Gasteiger partial charge in [-0.1, -0.05) is 18.2 Å². The van der Waals surface area contributed by atoms with E-state index in [2.05, 4.69) is 0 Å². The zero-order valence-electron chi connectivity index (χ0n) is 11.1. The van der Waals surface area contributed by atoms with E-state index in [0.29, 0.717) is 37.3 Å². The number of halogens is 1. The molecule has 0 spiro atoms. The second-order valence-electron chi connectivity index (χ2n) is 4.22. The van der Waals surface area contributed by atoms with E-state index in [-0.39, 0.29) is 6.61 Å². The third-order valence-electron chi connectivity index (χ3n) is 2.82. The summed E-state index contributed by atoms with van der Waals surface area (Å²) in [5.74, 6) is 0.580. The Labute approximate surface area is 108 Å². The van der Waals surface area contributed by atoms with Crippen molar-refractivity contribution in [1.29, 1.82) is 0 Å². The summed E-state index contributed by atoms with van der Waals surface area (Å²) in [6.45, 7) is 2.87. The van der Waals surface area contributed by atoms with Gasteiger partial charge >= 0.3 is 0 Å². The SMILES string of the molecule is CCOc1ccccc1C(F)(CCCN)COC. The van der Waals surface area contributed by atoms with Gasteiger partial charge in [0.25, 0.3) is 0 Å². The molecule has 1 aromatic carbocycles. The molecule has 0 aliphatic carbocycles. The molecule has 3 nitrogen and oxygen atoms in total. The van der Waals surface area contributed by atoms with Gasteiger partial charge in [0.05, 0.1) is 13.2 Å². The molecule has 1 unspecified atom stereocenters. The van der Waals surface area contributed by atoms with Crippen LogP contribution in [-0.4, -0.2) is 26.9 Å². The maximum atomic E-state index is 15.0. The Morgan fingerprint density at radius 2 is 2.06 bits per heavy atom. The average molecular weight is 255 g/mol. The number of alkyl halides is 1. The third kappa shape index (κ3) is 3.68. The Morgan fingerprint density at radius 1 is 1.33 bits per heavy atom. The largest absolute Gasteiger partial charge is 0.493 e. The lowest BCUT2D eigenvalue weighted by molar-refractivity contribution is 0.0283.